The van der Waals surface area contributed by atoms with E-state index in [0.717, 1.165) is 0 Å². The number of hydrogen-bond acceptors (Lipinski definition) is 2. The zero-order chi connectivity index (χ0) is 8.53. The lowest BCUT2D eigenvalue weighted by molar-refractivity contribution is -0.120. The van der Waals surface area contributed by atoms with Crippen LogP contribution in [-0.2, 0) is 4.79 Å². The van der Waals surface area contributed by atoms with Crippen molar-refractivity contribution in [2.24, 2.45) is 5.11 Å². The van der Waals surface area contributed by atoms with E-state index in [9.17, 15) is 4.79 Å². The largest absolute Gasteiger partial charge is 0.355 e. The summed E-state index contributed by atoms with van der Waals surface area (Å²) in [7, 11) is 0. The summed E-state index contributed by atoms with van der Waals surface area (Å²) < 4.78 is 0. The number of hydrogen-bond donors (Lipinski definition) is 1. The van der Waals surface area contributed by atoms with Gasteiger partial charge in [-0.3, -0.25) is 4.79 Å². The molecule has 0 saturated heterocycles. The number of azide groups is 1. The molecule has 1 amide bonds. The minimum Gasteiger partial charge on any atom is -0.355 e. The van der Waals surface area contributed by atoms with Crippen LogP contribution in [0.25, 0.3) is 10.4 Å². The smallest absolute Gasteiger partial charge is 0.232 e. The van der Waals surface area contributed by atoms with Crippen LogP contribution in [0.1, 0.15) is 6.42 Å². The average molecular weight is 152 g/mol. The minimum atomic E-state index is -0.222. The minimum absolute atomic E-state index is 0.0657. The molecule has 0 saturated carbocycles. The molecule has 0 unspecified atom stereocenters. The number of rotatable bonds is 4. The normalized spacial score (nSPS) is 7.55. The monoisotopic (exact) mass is 152 g/mol. The summed E-state index contributed by atoms with van der Waals surface area (Å²) in [6.45, 7) is 0.595. The fourth-order valence-electron chi connectivity index (χ4n) is 0.445. The number of terminal acetylenes is 1. The molecule has 0 radical (unpaired) electrons. The van der Waals surface area contributed by atoms with Crippen molar-refractivity contribution in [3.05, 3.63) is 10.4 Å². The van der Waals surface area contributed by atoms with Crippen molar-refractivity contribution >= 4 is 5.91 Å². The molecule has 0 aliphatic heterocycles. The van der Waals surface area contributed by atoms with Gasteiger partial charge in [0.05, 0.1) is 6.42 Å². The van der Waals surface area contributed by atoms with Gasteiger partial charge < -0.3 is 5.32 Å². The van der Waals surface area contributed by atoms with Crippen LogP contribution in [0.3, 0.4) is 0 Å². The second-order valence-electron chi connectivity index (χ2n) is 1.69. The van der Waals surface area contributed by atoms with E-state index in [4.69, 9.17) is 12.0 Å². The Morgan fingerprint density at radius 3 is 3.09 bits per heavy atom. The highest BCUT2D eigenvalue weighted by molar-refractivity contribution is 5.78. The van der Waals surface area contributed by atoms with Crippen molar-refractivity contribution in [3.8, 4) is 12.3 Å². The zero-order valence-electron chi connectivity index (χ0n) is 5.95. The van der Waals surface area contributed by atoms with E-state index in [-0.39, 0.29) is 18.9 Å². The van der Waals surface area contributed by atoms with Crippen LogP contribution in [0.5, 0.6) is 0 Å². The standard InChI is InChI=1S/C6H8N4O/c1-2-3-6(11)8-4-5-9-10-7/h1H,3-5H2,(H,8,11). The second kappa shape index (κ2) is 6.46. The van der Waals surface area contributed by atoms with Gasteiger partial charge in [0, 0.05) is 18.0 Å². The molecular weight excluding hydrogens is 144 g/mol. The third-order valence-corrected chi connectivity index (χ3v) is 0.860. The molecule has 5 heteroatoms. The topological polar surface area (TPSA) is 77.9 Å². The predicted molar refractivity (Wildman–Crippen MR) is 40.5 cm³/mol. The molecular formula is C6H8N4O. The van der Waals surface area contributed by atoms with E-state index in [0.29, 0.717) is 6.54 Å². The Hall–Kier alpha value is -1.66. The van der Waals surface area contributed by atoms with Gasteiger partial charge >= 0.3 is 0 Å². The van der Waals surface area contributed by atoms with Crippen LogP contribution in [0.15, 0.2) is 5.11 Å². The van der Waals surface area contributed by atoms with E-state index in [2.05, 4.69) is 21.3 Å². The third-order valence-electron chi connectivity index (χ3n) is 0.860. The molecule has 0 rings (SSSR count). The first-order valence-electron chi connectivity index (χ1n) is 3.02. The van der Waals surface area contributed by atoms with E-state index in [1.807, 2.05) is 0 Å². The lowest BCUT2D eigenvalue weighted by Gasteiger charge is -1.97. The van der Waals surface area contributed by atoms with Gasteiger partial charge in [-0.15, -0.1) is 6.42 Å². The summed E-state index contributed by atoms with van der Waals surface area (Å²) >= 11 is 0. The van der Waals surface area contributed by atoms with Gasteiger partial charge in [0.25, 0.3) is 0 Å². The molecule has 0 aliphatic rings. The Morgan fingerprint density at radius 2 is 2.55 bits per heavy atom. The summed E-state index contributed by atoms with van der Waals surface area (Å²) in [4.78, 5) is 13.1. The molecule has 0 spiro atoms. The van der Waals surface area contributed by atoms with E-state index >= 15 is 0 Å². The number of nitrogens with zero attached hydrogens (tertiary/aromatic N) is 3. The molecule has 5 nitrogen and oxygen atoms in total. The second-order valence-corrected chi connectivity index (χ2v) is 1.69. The summed E-state index contributed by atoms with van der Waals surface area (Å²) in [5.41, 5.74) is 7.85. The first kappa shape index (κ1) is 9.34. The van der Waals surface area contributed by atoms with E-state index in [1.165, 1.54) is 0 Å². The van der Waals surface area contributed by atoms with Crippen LogP contribution in [0, 0.1) is 12.3 Å². The highest BCUT2D eigenvalue weighted by Crippen LogP contribution is 1.75. The van der Waals surface area contributed by atoms with Crippen molar-refractivity contribution in [3.63, 3.8) is 0 Å². The highest BCUT2D eigenvalue weighted by Gasteiger charge is 1.94. The maximum absolute atomic E-state index is 10.6. The highest BCUT2D eigenvalue weighted by atomic mass is 16.1. The van der Waals surface area contributed by atoms with Crippen LogP contribution < -0.4 is 5.32 Å². The third kappa shape index (κ3) is 6.22. The average Bonchev–Trinajstić information content (AvgIpc) is 1.99. The molecule has 0 atom stereocenters. The van der Waals surface area contributed by atoms with Crippen molar-refractivity contribution in [1.29, 1.82) is 0 Å². The van der Waals surface area contributed by atoms with Gasteiger partial charge in [-0.2, -0.15) is 0 Å². The summed E-state index contributed by atoms with van der Waals surface area (Å²) in [5.74, 6) is 1.97. The molecule has 1 N–H and O–H groups in total. The van der Waals surface area contributed by atoms with Crippen LogP contribution in [0.4, 0.5) is 0 Å². The Labute approximate surface area is 64.4 Å². The summed E-state index contributed by atoms with van der Waals surface area (Å²) in [6.07, 6.45) is 4.93. The number of amides is 1. The van der Waals surface area contributed by atoms with Crippen molar-refractivity contribution < 1.29 is 4.79 Å². The lowest BCUT2D eigenvalue weighted by atomic mass is 10.4. The number of carbonyl (C=O) groups excluding carboxylic acids is 1. The van der Waals surface area contributed by atoms with Crippen LogP contribution in [-0.4, -0.2) is 19.0 Å². The molecule has 0 aliphatic carbocycles. The van der Waals surface area contributed by atoms with Gasteiger partial charge in [0.2, 0.25) is 5.91 Å². The molecule has 58 valence electrons. The first-order valence-corrected chi connectivity index (χ1v) is 3.02. The maximum atomic E-state index is 10.6. The summed E-state index contributed by atoms with van der Waals surface area (Å²) in [5, 5.41) is 5.69. The van der Waals surface area contributed by atoms with Crippen LogP contribution in [0.2, 0.25) is 0 Å². The van der Waals surface area contributed by atoms with Gasteiger partial charge in [0.1, 0.15) is 0 Å². The quantitative estimate of drug-likeness (QED) is 0.205. The fraction of sp³-hybridized carbons (Fsp3) is 0.500. The Balaban J connectivity index is 3.33. The predicted octanol–water partition coefficient (Wildman–Crippen LogP) is 0.436. The molecule has 11 heavy (non-hydrogen) atoms. The maximum Gasteiger partial charge on any atom is 0.232 e. The molecule has 0 bridgehead atoms. The van der Waals surface area contributed by atoms with Gasteiger partial charge in [0.15, 0.2) is 0 Å². The number of carbonyl (C=O) groups is 1. The molecule has 0 aromatic carbocycles. The molecule has 0 fully saturated rings. The fourth-order valence-corrected chi connectivity index (χ4v) is 0.445. The SMILES string of the molecule is C#CCC(=O)NCCN=[N+]=[N-]. The summed E-state index contributed by atoms with van der Waals surface area (Å²) in [6, 6.07) is 0. The lowest BCUT2D eigenvalue weighted by Crippen LogP contribution is -2.24. The Kier molecular flexibility index (Phi) is 5.49. The Bertz CT molecular complexity index is 211. The van der Waals surface area contributed by atoms with E-state index < -0.39 is 0 Å². The van der Waals surface area contributed by atoms with Crippen molar-refractivity contribution in [2.75, 3.05) is 13.1 Å². The molecule has 0 aromatic heterocycles. The zero-order valence-corrected chi connectivity index (χ0v) is 5.95. The Morgan fingerprint density at radius 1 is 1.82 bits per heavy atom. The van der Waals surface area contributed by atoms with Crippen molar-refractivity contribution in [1.82, 2.24) is 5.32 Å². The van der Waals surface area contributed by atoms with Gasteiger partial charge in [-0.05, 0) is 5.53 Å². The number of nitrogens with one attached hydrogen (secondary N) is 1. The van der Waals surface area contributed by atoms with Gasteiger partial charge in [-0.1, -0.05) is 11.0 Å². The first-order chi connectivity index (χ1) is 5.31. The molecule has 0 heterocycles. The van der Waals surface area contributed by atoms with Crippen molar-refractivity contribution in [2.45, 2.75) is 6.42 Å². The van der Waals surface area contributed by atoms with E-state index in [1.54, 1.807) is 0 Å². The van der Waals surface area contributed by atoms with Gasteiger partial charge in [-0.25, -0.2) is 0 Å². The van der Waals surface area contributed by atoms with Crippen LogP contribution >= 0.6 is 0 Å². The molecule has 0 aromatic rings.